The van der Waals surface area contributed by atoms with Crippen LogP contribution in [0.15, 0.2) is 67.0 Å². The van der Waals surface area contributed by atoms with Crippen LogP contribution in [0.4, 0.5) is 5.95 Å². The number of nitrogens with zero attached hydrogens (tertiary/aromatic N) is 5. The van der Waals surface area contributed by atoms with Crippen molar-refractivity contribution < 1.29 is 14.3 Å². The number of amides is 1. The highest BCUT2D eigenvalue weighted by Crippen LogP contribution is 2.31. The number of anilines is 1. The van der Waals surface area contributed by atoms with Gasteiger partial charge in [0, 0.05) is 17.8 Å². The van der Waals surface area contributed by atoms with Crippen molar-refractivity contribution in [3.63, 3.8) is 0 Å². The molecule has 10 nitrogen and oxygen atoms in total. The molecule has 5 aromatic rings. The van der Waals surface area contributed by atoms with Crippen molar-refractivity contribution in [2.24, 2.45) is 0 Å². The summed E-state index contributed by atoms with van der Waals surface area (Å²) in [5, 5.41) is 14.0. The van der Waals surface area contributed by atoms with Crippen molar-refractivity contribution in [2.75, 3.05) is 19.5 Å². The van der Waals surface area contributed by atoms with Gasteiger partial charge in [-0.25, -0.2) is 9.50 Å². The predicted octanol–water partition coefficient (Wildman–Crippen LogP) is 3.45. The van der Waals surface area contributed by atoms with Gasteiger partial charge >= 0.3 is 0 Å². The van der Waals surface area contributed by atoms with Crippen molar-refractivity contribution in [3.05, 3.63) is 72.6 Å². The van der Waals surface area contributed by atoms with Crippen LogP contribution in [-0.2, 0) is 0 Å². The van der Waals surface area contributed by atoms with Crippen LogP contribution < -0.4 is 14.8 Å². The lowest BCUT2D eigenvalue weighted by molar-refractivity contribution is 0.102. The molecule has 2 aromatic carbocycles. The molecule has 5 rings (SSSR count). The van der Waals surface area contributed by atoms with Crippen LogP contribution in [0, 0.1) is 0 Å². The highest BCUT2D eigenvalue weighted by Gasteiger charge is 2.19. The zero-order valence-corrected chi connectivity index (χ0v) is 17.8. The Balaban J connectivity index is 1.42. The van der Waals surface area contributed by atoms with E-state index in [1.165, 1.54) is 6.20 Å². The fourth-order valence-corrected chi connectivity index (χ4v) is 3.48. The second-order valence-electron chi connectivity index (χ2n) is 7.02. The molecular formula is C23H19N7O3. The average molecular weight is 441 g/mol. The predicted molar refractivity (Wildman–Crippen MR) is 121 cm³/mol. The van der Waals surface area contributed by atoms with E-state index in [9.17, 15) is 4.79 Å². The summed E-state index contributed by atoms with van der Waals surface area (Å²) < 4.78 is 12.3. The molecule has 164 valence electrons. The Bertz CT molecular complexity index is 1440. The van der Waals surface area contributed by atoms with Gasteiger partial charge in [-0.3, -0.25) is 15.2 Å². The maximum absolute atomic E-state index is 12.9. The molecule has 2 N–H and O–H groups in total. The molecule has 0 bridgehead atoms. The highest BCUT2D eigenvalue weighted by molar-refractivity contribution is 6.07. The molecule has 1 amide bonds. The monoisotopic (exact) mass is 441 g/mol. The standard InChI is InChI=1S/C23H19N7O3/c1-32-15-8-9-16(19(12-15)33-2)20-26-23(29-28-20)27-22(31)17-13-25-30-18(10-11-24-21(17)30)14-6-4-3-5-7-14/h3-13H,1-2H3,(H2,26,27,28,29,31). The van der Waals surface area contributed by atoms with Gasteiger partial charge in [-0.1, -0.05) is 30.3 Å². The maximum atomic E-state index is 12.9. The van der Waals surface area contributed by atoms with Crippen LogP contribution >= 0.6 is 0 Å². The Labute approximate surface area is 188 Å². The van der Waals surface area contributed by atoms with Gasteiger partial charge in [-0.15, -0.1) is 5.10 Å². The minimum atomic E-state index is -0.421. The smallest absolute Gasteiger partial charge is 0.263 e. The molecule has 33 heavy (non-hydrogen) atoms. The van der Waals surface area contributed by atoms with E-state index in [-0.39, 0.29) is 5.95 Å². The number of H-pyrrole nitrogens is 1. The summed E-state index contributed by atoms with van der Waals surface area (Å²) >= 11 is 0. The summed E-state index contributed by atoms with van der Waals surface area (Å²) in [7, 11) is 3.13. The summed E-state index contributed by atoms with van der Waals surface area (Å²) in [6.45, 7) is 0. The van der Waals surface area contributed by atoms with E-state index in [1.807, 2.05) is 36.4 Å². The van der Waals surface area contributed by atoms with E-state index in [0.29, 0.717) is 34.1 Å². The quantitative estimate of drug-likeness (QED) is 0.414. The number of ether oxygens (including phenoxy) is 2. The van der Waals surface area contributed by atoms with Crippen molar-refractivity contribution in [1.82, 2.24) is 29.8 Å². The molecule has 0 spiro atoms. The largest absolute Gasteiger partial charge is 0.497 e. The van der Waals surface area contributed by atoms with E-state index >= 15 is 0 Å². The minimum absolute atomic E-state index is 0.117. The molecule has 0 radical (unpaired) electrons. The number of carbonyl (C=O) groups excluding carboxylic acids is 1. The van der Waals surface area contributed by atoms with Crippen molar-refractivity contribution >= 4 is 17.5 Å². The first-order valence-electron chi connectivity index (χ1n) is 10.0. The number of carbonyl (C=O) groups is 1. The lowest BCUT2D eigenvalue weighted by Crippen LogP contribution is -2.13. The van der Waals surface area contributed by atoms with Crippen molar-refractivity contribution in [1.29, 1.82) is 0 Å². The second kappa shape index (κ2) is 8.42. The molecular weight excluding hydrogens is 422 g/mol. The van der Waals surface area contributed by atoms with E-state index in [0.717, 1.165) is 11.3 Å². The topological polar surface area (TPSA) is 119 Å². The number of methoxy groups -OCH3 is 2. The minimum Gasteiger partial charge on any atom is -0.497 e. The third-order valence-corrected chi connectivity index (χ3v) is 5.09. The van der Waals surface area contributed by atoms with Gasteiger partial charge in [0.05, 0.1) is 31.7 Å². The zero-order chi connectivity index (χ0) is 22.8. The molecule has 0 aliphatic carbocycles. The zero-order valence-electron chi connectivity index (χ0n) is 17.8. The first-order chi connectivity index (χ1) is 16.2. The van der Waals surface area contributed by atoms with Crippen molar-refractivity contribution in [3.8, 4) is 34.1 Å². The average Bonchev–Trinajstić information content (AvgIpc) is 3.51. The summed E-state index contributed by atoms with van der Waals surface area (Å²) in [5.74, 6) is 1.35. The Hall–Kier alpha value is -4.73. The molecule has 0 saturated carbocycles. The summed E-state index contributed by atoms with van der Waals surface area (Å²) in [5.41, 5.74) is 3.21. The normalized spacial score (nSPS) is 10.8. The molecule has 0 saturated heterocycles. The maximum Gasteiger partial charge on any atom is 0.263 e. The Morgan fingerprint density at radius 3 is 2.70 bits per heavy atom. The summed E-state index contributed by atoms with van der Waals surface area (Å²) in [4.78, 5) is 21.7. The lowest BCUT2D eigenvalue weighted by atomic mass is 10.1. The third-order valence-electron chi connectivity index (χ3n) is 5.09. The number of hydrogen-bond acceptors (Lipinski definition) is 7. The van der Waals surface area contributed by atoms with Gasteiger partial charge < -0.3 is 9.47 Å². The van der Waals surface area contributed by atoms with E-state index in [4.69, 9.17) is 9.47 Å². The second-order valence-corrected chi connectivity index (χ2v) is 7.02. The number of fused-ring (bicyclic) bond motifs is 1. The molecule has 0 fully saturated rings. The van der Waals surface area contributed by atoms with Gasteiger partial charge in [0.1, 0.15) is 17.1 Å². The van der Waals surface area contributed by atoms with Crippen LogP contribution in [0.3, 0.4) is 0 Å². The third kappa shape index (κ3) is 3.74. The molecule has 0 aliphatic heterocycles. The SMILES string of the molecule is COc1ccc(-c2nc(NC(=O)c3cnn4c(-c5ccccc5)ccnc34)n[nH]2)c(OC)c1. The number of nitrogens with one attached hydrogen (secondary N) is 2. The Morgan fingerprint density at radius 1 is 1.06 bits per heavy atom. The van der Waals surface area contributed by atoms with E-state index in [2.05, 4.69) is 30.6 Å². The molecule has 0 unspecified atom stereocenters. The Kier molecular flexibility index (Phi) is 5.15. The molecule has 3 heterocycles. The van der Waals surface area contributed by atoms with Crippen LogP contribution in [0.25, 0.3) is 28.3 Å². The fraction of sp³-hybridized carbons (Fsp3) is 0.0870. The van der Waals surface area contributed by atoms with Gasteiger partial charge in [0.2, 0.25) is 5.95 Å². The van der Waals surface area contributed by atoms with Gasteiger partial charge in [-0.2, -0.15) is 10.1 Å². The number of benzene rings is 2. The number of hydrogen-bond donors (Lipinski definition) is 2. The summed E-state index contributed by atoms with van der Waals surface area (Å²) in [6.07, 6.45) is 3.13. The first-order valence-corrected chi connectivity index (χ1v) is 10.0. The van der Waals surface area contributed by atoms with E-state index in [1.54, 1.807) is 43.1 Å². The molecule has 0 aliphatic rings. The highest BCUT2D eigenvalue weighted by atomic mass is 16.5. The van der Waals surface area contributed by atoms with Crippen LogP contribution in [-0.4, -0.2) is 49.9 Å². The Morgan fingerprint density at radius 2 is 1.91 bits per heavy atom. The van der Waals surface area contributed by atoms with Crippen LogP contribution in [0.1, 0.15) is 10.4 Å². The molecule has 3 aromatic heterocycles. The van der Waals surface area contributed by atoms with Gasteiger partial charge in [0.15, 0.2) is 11.5 Å². The van der Waals surface area contributed by atoms with Crippen molar-refractivity contribution in [2.45, 2.75) is 0 Å². The van der Waals surface area contributed by atoms with Crippen LogP contribution in [0.2, 0.25) is 0 Å². The van der Waals surface area contributed by atoms with Crippen LogP contribution in [0.5, 0.6) is 11.5 Å². The molecule has 10 heteroatoms. The number of aromatic amines is 1. The molecule has 0 atom stereocenters. The lowest BCUT2D eigenvalue weighted by Gasteiger charge is -2.07. The number of rotatable bonds is 6. The first kappa shape index (κ1) is 20.2. The summed E-state index contributed by atoms with van der Waals surface area (Å²) in [6, 6.07) is 16.9. The fourth-order valence-electron chi connectivity index (χ4n) is 3.48. The van der Waals surface area contributed by atoms with Gasteiger partial charge in [0.25, 0.3) is 5.91 Å². The number of aromatic nitrogens is 6. The van der Waals surface area contributed by atoms with Gasteiger partial charge in [-0.05, 0) is 18.2 Å². The van der Waals surface area contributed by atoms with E-state index < -0.39 is 5.91 Å².